The van der Waals surface area contributed by atoms with Crippen LogP contribution in [0.4, 0.5) is 5.82 Å². The number of nitrogens with zero attached hydrogens (tertiary/aromatic N) is 2. The SMILES string of the molecule is Cc1nc2ccccc2nc1NCC1(C(=O)O)CC1. The number of rotatable bonds is 4. The molecule has 1 aromatic heterocycles. The largest absolute Gasteiger partial charge is 0.481 e. The third-order valence-electron chi connectivity index (χ3n) is 3.65. The lowest BCUT2D eigenvalue weighted by Crippen LogP contribution is -2.25. The first-order valence-corrected chi connectivity index (χ1v) is 6.31. The number of hydrogen-bond acceptors (Lipinski definition) is 4. The molecule has 1 fully saturated rings. The molecule has 0 atom stereocenters. The number of hydrogen-bond donors (Lipinski definition) is 2. The molecule has 1 aromatic carbocycles. The molecule has 2 aromatic rings. The van der Waals surface area contributed by atoms with Gasteiger partial charge < -0.3 is 10.4 Å². The molecule has 1 saturated carbocycles. The van der Waals surface area contributed by atoms with Crippen molar-refractivity contribution in [1.82, 2.24) is 9.97 Å². The molecule has 2 N–H and O–H groups in total. The molecule has 1 heterocycles. The van der Waals surface area contributed by atoms with Crippen molar-refractivity contribution in [2.45, 2.75) is 19.8 Å². The van der Waals surface area contributed by atoms with Gasteiger partial charge in [-0.05, 0) is 31.9 Å². The highest BCUT2D eigenvalue weighted by Gasteiger charge is 2.50. The second-order valence-corrected chi connectivity index (χ2v) is 5.09. The van der Waals surface area contributed by atoms with E-state index in [4.69, 9.17) is 5.11 Å². The third-order valence-corrected chi connectivity index (χ3v) is 3.65. The molecule has 0 unspecified atom stereocenters. The Labute approximate surface area is 110 Å². The van der Waals surface area contributed by atoms with Crippen molar-refractivity contribution >= 4 is 22.8 Å². The van der Waals surface area contributed by atoms with Gasteiger partial charge in [-0.15, -0.1) is 0 Å². The minimum atomic E-state index is -0.730. The number of anilines is 1. The Morgan fingerprint density at radius 1 is 1.32 bits per heavy atom. The van der Waals surface area contributed by atoms with Crippen LogP contribution in [0, 0.1) is 12.3 Å². The molecule has 98 valence electrons. The number of benzene rings is 1. The highest BCUT2D eigenvalue weighted by molar-refractivity contribution is 5.79. The van der Waals surface area contributed by atoms with Gasteiger partial charge in [0.05, 0.1) is 22.1 Å². The second kappa shape index (κ2) is 4.19. The lowest BCUT2D eigenvalue weighted by molar-refractivity contribution is -0.142. The van der Waals surface area contributed by atoms with Crippen LogP contribution in [0.1, 0.15) is 18.5 Å². The van der Waals surface area contributed by atoms with E-state index in [2.05, 4.69) is 15.3 Å². The molecule has 5 heteroatoms. The lowest BCUT2D eigenvalue weighted by atomic mass is 10.1. The van der Waals surface area contributed by atoms with Crippen LogP contribution < -0.4 is 5.32 Å². The molecule has 0 saturated heterocycles. The van der Waals surface area contributed by atoms with Crippen LogP contribution in [-0.2, 0) is 4.79 Å². The summed E-state index contributed by atoms with van der Waals surface area (Å²) in [6, 6.07) is 7.65. The molecule has 3 rings (SSSR count). The van der Waals surface area contributed by atoms with Gasteiger partial charge in [-0.2, -0.15) is 0 Å². The van der Waals surface area contributed by atoms with Gasteiger partial charge >= 0.3 is 5.97 Å². The maximum atomic E-state index is 11.1. The molecule has 19 heavy (non-hydrogen) atoms. The van der Waals surface area contributed by atoms with Crippen molar-refractivity contribution < 1.29 is 9.90 Å². The normalized spacial score (nSPS) is 16.3. The zero-order valence-corrected chi connectivity index (χ0v) is 10.7. The van der Waals surface area contributed by atoms with Crippen LogP contribution in [0.25, 0.3) is 11.0 Å². The fraction of sp³-hybridized carbons (Fsp3) is 0.357. The smallest absolute Gasteiger partial charge is 0.311 e. The minimum Gasteiger partial charge on any atom is -0.481 e. The maximum absolute atomic E-state index is 11.1. The van der Waals surface area contributed by atoms with E-state index < -0.39 is 11.4 Å². The number of para-hydroxylation sites is 2. The number of carboxylic acids is 1. The molecular weight excluding hydrogens is 242 g/mol. The van der Waals surface area contributed by atoms with Crippen LogP contribution >= 0.6 is 0 Å². The zero-order valence-electron chi connectivity index (χ0n) is 10.7. The average molecular weight is 257 g/mol. The van der Waals surface area contributed by atoms with E-state index in [9.17, 15) is 4.79 Å². The van der Waals surface area contributed by atoms with Crippen molar-refractivity contribution in [3.05, 3.63) is 30.0 Å². The van der Waals surface area contributed by atoms with Crippen LogP contribution in [0.2, 0.25) is 0 Å². The molecule has 0 spiro atoms. The van der Waals surface area contributed by atoms with Crippen LogP contribution in [0.3, 0.4) is 0 Å². The summed E-state index contributed by atoms with van der Waals surface area (Å²) in [5, 5.41) is 12.3. The van der Waals surface area contributed by atoms with E-state index in [0.717, 1.165) is 29.6 Å². The molecule has 1 aliphatic carbocycles. The van der Waals surface area contributed by atoms with Gasteiger partial charge in [0.15, 0.2) is 0 Å². The summed E-state index contributed by atoms with van der Waals surface area (Å²) in [5.41, 5.74) is 1.86. The molecular formula is C14H15N3O2. The van der Waals surface area contributed by atoms with E-state index in [-0.39, 0.29) is 0 Å². The molecule has 0 aliphatic heterocycles. The van der Waals surface area contributed by atoms with Crippen molar-refractivity contribution in [1.29, 1.82) is 0 Å². The summed E-state index contributed by atoms with van der Waals surface area (Å²) in [7, 11) is 0. The highest BCUT2D eigenvalue weighted by Crippen LogP contribution is 2.45. The van der Waals surface area contributed by atoms with Gasteiger partial charge in [-0.25, -0.2) is 9.97 Å². The van der Waals surface area contributed by atoms with E-state index in [1.54, 1.807) is 0 Å². The fourth-order valence-corrected chi connectivity index (χ4v) is 2.13. The number of fused-ring (bicyclic) bond motifs is 1. The molecule has 0 radical (unpaired) electrons. The van der Waals surface area contributed by atoms with Gasteiger partial charge in [-0.3, -0.25) is 4.79 Å². The molecule has 0 bridgehead atoms. The Hall–Kier alpha value is -2.17. The van der Waals surface area contributed by atoms with E-state index in [1.165, 1.54) is 0 Å². The first-order chi connectivity index (χ1) is 9.11. The maximum Gasteiger partial charge on any atom is 0.311 e. The van der Waals surface area contributed by atoms with Gasteiger partial charge in [0, 0.05) is 6.54 Å². The van der Waals surface area contributed by atoms with E-state index in [1.807, 2.05) is 31.2 Å². The van der Waals surface area contributed by atoms with Crippen LogP contribution in [0.15, 0.2) is 24.3 Å². The van der Waals surface area contributed by atoms with Crippen LogP contribution in [0.5, 0.6) is 0 Å². The van der Waals surface area contributed by atoms with Crippen molar-refractivity contribution in [2.24, 2.45) is 5.41 Å². The predicted molar refractivity (Wildman–Crippen MR) is 72.1 cm³/mol. The summed E-state index contributed by atoms with van der Waals surface area (Å²) in [6.07, 6.45) is 1.46. The Bertz CT molecular complexity index is 650. The highest BCUT2D eigenvalue weighted by atomic mass is 16.4. The number of carboxylic acid groups (broad SMARTS) is 1. The minimum absolute atomic E-state index is 0.413. The number of aliphatic carboxylic acids is 1. The summed E-state index contributed by atoms with van der Waals surface area (Å²) in [5.74, 6) is -0.0578. The Balaban J connectivity index is 1.85. The lowest BCUT2D eigenvalue weighted by Gasteiger charge is -2.13. The summed E-state index contributed by atoms with van der Waals surface area (Å²) < 4.78 is 0. The first-order valence-electron chi connectivity index (χ1n) is 6.31. The third kappa shape index (κ3) is 2.12. The van der Waals surface area contributed by atoms with Crippen molar-refractivity contribution in [3.8, 4) is 0 Å². The van der Waals surface area contributed by atoms with Gasteiger partial charge in [0.1, 0.15) is 5.82 Å². The van der Waals surface area contributed by atoms with Crippen molar-refractivity contribution in [2.75, 3.05) is 11.9 Å². The Kier molecular flexibility index (Phi) is 2.62. The number of carbonyl (C=O) groups is 1. The monoisotopic (exact) mass is 257 g/mol. The fourth-order valence-electron chi connectivity index (χ4n) is 2.13. The molecule has 5 nitrogen and oxygen atoms in total. The first kappa shape index (κ1) is 11.9. The molecule has 1 aliphatic rings. The van der Waals surface area contributed by atoms with Crippen molar-refractivity contribution in [3.63, 3.8) is 0 Å². The standard InChI is InChI=1S/C14H15N3O2/c1-9-12(15-8-14(6-7-14)13(18)19)17-11-5-3-2-4-10(11)16-9/h2-5H,6-8H2,1H3,(H,15,17)(H,18,19). The zero-order chi connectivity index (χ0) is 13.5. The van der Waals surface area contributed by atoms with Gasteiger partial charge in [0.25, 0.3) is 0 Å². The van der Waals surface area contributed by atoms with Gasteiger partial charge in [-0.1, -0.05) is 12.1 Å². The summed E-state index contributed by atoms with van der Waals surface area (Å²) in [6.45, 7) is 2.29. The average Bonchev–Trinajstić information content (AvgIpc) is 3.17. The van der Waals surface area contributed by atoms with E-state index >= 15 is 0 Å². The summed E-state index contributed by atoms with van der Waals surface area (Å²) >= 11 is 0. The van der Waals surface area contributed by atoms with E-state index in [0.29, 0.717) is 12.4 Å². The van der Waals surface area contributed by atoms with Crippen LogP contribution in [-0.4, -0.2) is 27.6 Å². The number of nitrogens with one attached hydrogen (secondary N) is 1. The predicted octanol–water partition coefficient (Wildman–Crippen LogP) is 2.21. The summed E-state index contributed by atoms with van der Waals surface area (Å²) in [4.78, 5) is 20.1. The Morgan fingerprint density at radius 3 is 2.53 bits per heavy atom. The van der Waals surface area contributed by atoms with Gasteiger partial charge in [0.2, 0.25) is 0 Å². The number of aromatic nitrogens is 2. The topological polar surface area (TPSA) is 75.1 Å². The molecule has 0 amide bonds. The quantitative estimate of drug-likeness (QED) is 0.878. The number of aryl methyl sites for hydroxylation is 1. The Morgan fingerprint density at radius 2 is 1.95 bits per heavy atom. The second-order valence-electron chi connectivity index (χ2n) is 5.09.